The van der Waals surface area contributed by atoms with Crippen LogP contribution >= 0.6 is 0 Å². The molecule has 2 unspecified atom stereocenters. The molecule has 1 aliphatic rings. The van der Waals surface area contributed by atoms with Gasteiger partial charge in [0, 0.05) is 11.7 Å². The molecule has 1 amide bonds. The van der Waals surface area contributed by atoms with E-state index in [0.29, 0.717) is 17.1 Å². The second kappa shape index (κ2) is 6.08. The third kappa shape index (κ3) is 2.90. The quantitative estimate of drug-likeness (QED) is 0.722. The minimum absolute atomic E-state index is 0.0929. The molecule has 1 fully saturated rings. The third-order valence-corrected chi connectivity index (χ3v) is 3.45. The van der Waals surface area contributed by atoms with Crippen LogP contribution in [0.3, 0.4) is 0 Å². The van der Waals surface area contributed by atoms with Crippen LogP contribution in [0, 0.1) is 0 Å². The van der Waals surface area contributed by atoms with E-state index in [9.17, 15) is 4.79 Å². The van der Waals surface area contributed by atoms with Gasteiger partial charge >= 0.3 is 0 Å². The minimum Gasteiger partial charge on any atom is -0.494 e. The highest BCUT2D eigenvalue weighted by Crippen LogP contribution is 2.25. The lowest BCUT2D eigenvalue weighted by atomic mass is 10.1. The van der Waals surface area contributed by atoms with Crippen molar-refractivity contribution in [1.82, 2.24) is 31.1 Å². The summed E-state index contributed by atoms with van der Waals surface area (Å²) in [7, 11) is 1.57. The fourth-order valence-electron chi connectivity index (χ4n) is 2.33. The van der Waals surface area contributed by atoms with Gasteiger partial charge in [0.25, 0.3) is 0 Å². The molecule has 1 aromatic heterocycles. The van der Waals surface area contributed by atoms with Gasteiger partial charge in [0.1, 0.15) is 23.8 Å². The minimum atomic E-state index is -0.256. The molecule has 0 spiro atoms. The number of amides is 1. The van der Waals surface area contributed by atoms with Gasteiger partial charge in [-0.25, -0.2) is 5.43 Å². The Balaban J connectivity index is 1.80. The maximum atomic E-state index is 12.2. The lowest BCUT2D eigenvalue weighted by Gasteiger charge is -2.13. The van der Waals surface area contributed by atoms with Crippen molar-refractivity contribution in [3.8, 4) is 11.4 Å². The number of nitrogens with one attached hydrogen (secondary N) is 3. The highest BCUT2D eigenvalue weighted by Gasteiger charge is 2.26. The molecule has 116 valence electrons. The fourth-order valence-corrected chi connectivity index (χ4v) is 2.33. The van der Waals surface area contributed by atoms with Gasteiger partial charge in [-0.15, -0.1) is 5.10 Å². The number of rotatable bonds is 4. The number of ether oxygens (including phenoxy) is 1. The summed E-state index contributed by atoms with van der Waals surface area (Å²) in [6.45, 7) is 2.02. The number of benzene rings is 1. The van der Waals surface area contributed by atoms with Crippen LogP contribution in [-0.4, -0.2) is 45.3 Å². The van der Waals surface area contributed by atoms with E-state index in [4.69, 9.17) is 4.74 Å². The molecule has 1 aliphatic heterocycles. The number of hydrazine groups is 1. The van der Waals surface area contributed by atoms with Crippen LogP contribution in [0.25, 0.3) is 5.69 Å². The van der Waals surface area contributed by atoms with Crippen molar-refractivity contribution in [2.24, 2.45) is 0 Å². The van der Waals surface area contributed by atoms with Gasteiger partial charge < -0.3 is 10.1 Å². The molecule has 9 nitrogen and oxygen atoms in total. The van der Waals surface area contributed by atoms with Crippen molar-refractivity contribution in [3.05, 3.63) is 24.5 Å². The molecule has 1 saturated heterocycles. The fraction of sp³-hybridized carbons (Fsp3) is 0.385. The summed E-state index contributed by atoms with van der Waals surface area (Å²) in [5.41, 5.74) is 7.29. The van der Waals surface area contributed by atoms with E-state index in [-0.39, 0.29) is 18.0 Å². The molecule has 0 aliphatic carbocycles. The molecule has 2 atom stereocenters. The van der Waals surface area contributed by atoms with E-state index in [1.807, 2.05) is 6.92 Å². The average Bonchev–Trinajstić information content (AvgIpc) is 3.18. The summed E-state index contributed by atoms with van der Waals surface area (Å²) < 4.78 is 6.77. The maximum Gasteiger partial charge on any atom is 0.242 e. The summed E-state index contributed by atoms with van der Waals surface area (Å²) in [5, 5.41) is 13.9. The van der Waals surface area contributed by atoms with Crippen LogP contribution in [0.4, 0.5) is 5.69 Å². The van der Waals surface area contributed by atoms with E-state index >= 15 is 0 Å². The molecule has 0 bridgehead atoms. The standard InChI is InChI=1S/C13H17N7O2/c1-8-5-10(17-16-8)13(21)15-9-3-4-12(22-2)11(6-9)20-7-14-18-19-20/h3-4,6-8,10,16-17H,5H2,1-2H3,(H,15,21). The number of aromatic nitrogens is 4. The van der Waals surface area contributed by atoms with Crippen molar-refractivity contribution in [2.45, 2.75) is 25.4 Å². The van der Waals surface area contributed by atoms with Crippen molar-refractivity contribution >= 4 is 11.6 Å². The summed E-state index contributed by atoms with van der Waals surface area (Å²) in [6, 6.07) is 5.31. The van der Waals surface area contributed by atoms with Crippen LogP contribution in [0.15, 0.2) is 24.5 Å². The zero-order valence-corrected chi connectivity index (χ0v) is 12.3. The molecule has 9 heteroatoms. The number of anilines is 1. The van der Waals surface area contributed by atoms with Gasteiger partial charge in [0.05, 0.1) is 7.11 Å². The summed E-state index contributed by atoms with van der Waals surface area (Å²) in [4.78, 5) is 12.2. The summed E-state index contributed by atoms with van der Waals surface area (Å²) in [5.74, 6) is 0.518. The Labute approximate surface area is 127 Å². The van der Waals surface area contributed by atoms with Crippen LogP contribution in [-0.2, 0) is 4.79 Å². The van der Waals surface area contributed by atoms with Crippen molar-refractivity contribution in [2.75, 3.05) is 12.4 Å². The molecule has 22 heavy (non-hydrogen) atoms. The summed E-state index contributed by atoms with van der Waals surface area (Å²) in [6.07, 6.45) is 2.20. The predicted molar refractivity (Wildman–Crippen MR) is 78.5 cm³/mol. The van der Waals surface area contributed by atoms with Crippen LogP contribution in [0.5, 0.6) is 5.75 Å². The largest absolute Gasteiger partial charge is 0.494 e. The van der Waals surface area contributed by atoms with E-state index in [2.05, 4.69) is 31.7 Å². The number of tetrazole rings is 1. The molecule has 1 aromatic carbocycles. The number of hydrogen-bond acceptors (Lipinski definition) is 7. The average molecular weight is 303 g/mol. The number of carbonyl (C=O) groups excluding carboxylic acids is 1. The van der Waals surface area contributed by atoms with Gasteiger partial charge in [-0.2, -0.15) is 4.68 Å². The molecule has 3 rings (SSSR count). The van der Waals surface area contributed by atoms with Gasteiger partial charge in [0.15, 0.2) is 0 Å². The van der Waals surface area contributed by atoms with Gasteiger partial charge in [-0.1, -0.05) is 0 Å². The van der Waals surface area contributed by atoms with E-state index < -0.39 is 0 Å². The summed E-state index contributed by atoms with van der Waals surface area (Å²) >= 11 is 0. The SMILES string of the molecule is COc1ccc(NC(=O)C2CC(C)NN2)cc1-n1cnnn1. The second-order valence-corrected chi connectivity index (χ2v) is 5.11. The van der Waals surface area contributed by atoms with Crippen LogP contribution in [0.1, 0.15) is 13.3 Å². The third-order valence-electron chi connectivity index (χ3n) is 3.45. The lowest BCUT2D eigenvalue weighted by Crippen LogP contribution is -2.39. The number of hydrogen-bond donors (Lipinski definition) is 3. The number of methoxy groups -OCH3 is 1. The lowest BCUT2D eigenvalue weighted by molar-refractivity contribution is -0.117. The Morgan fingerprint density at radius 2 is 2.32 bits per heavy atom. The van der Waals surface area contributed by atoms with E-state index in [1.54, 1.807) is 25.3 Å². The highest BCUT2D eigenvalue weighted by atomic mass is 16.5. The Bertz CT molecular complexity index is 658. The first-order valence-corrected chi connectivity index (χ1v) is 6.90. The molecule has 0 radical (unpaired) electrons. The Morgan fingerprint density at radius 3 is 2.95 bits per heavy atom. The smallest absolute Gasteiger partial charge is 0.242 e. The molecule has 0 saturated carbocycles. The monoisotopic (exact) mass is 303 g/mol. The van der Waals surface area contributed by atoms with Gasteiger partial charge in [-0.05, 0) is 42.0 Å². The van der Waals surface area contributed by atoms with Crippen molar-refractivity contribution in [3.63, 3.8) is 0 Å². The zero-order chi connectivity index (χ0) is 15.5. The Hall–Kier alpha value is -2.52. The molecule has 2 aromatic rings. The second-order valence-electron chi connectivity index (χ2n) is 5.11. The first-order chi connectivity index (χ1) is 10.7. The molecular weight excluding hydrogens is 286 g/mol. The van der Waals surface area contributed by atoms with E-state index in [0.717, 1.165) is 6.42 Å². The number of nitrogens with zero attached hydrogens (tertiary/aromatic N) is 4. The van der Waals surface area contributed by atoms with Gasteiger partial charge in [-0.3, -0.25) is 10.2 Å². The normalized spacial score (nSPS) is 20.8. The molecular formula is C13H17N7O2. The first kappa shape index (κ1) is 14.4. The highest BCUT2D eigenvalue weighted by molar-refractivity contribution is 5.95. The Kier molecular flexibility index (Phi) is 3.98. The zero-order valence-electron chi connectivity index (χ0n) is 12.3. The van der Waals surface area contributed by atoms with Crippen molar-refractivity contribution < 1.29 is 9.53 Å². The maximum absolute atomic E-state index is 12.2. The van der Waals surface area contributed by atoms with Gasteiger partial charge in [0.2, 0.25) is 5.91 Å². The Morgan fingerprint density at radius 1 is 1.45 bits per heavy atom. The van der Waals surface area contributed by atoms with Crippen LogP contribution in [0.2, 0.25) is 0 Å². The molecule has 3 N–H and O–H groups in total. The topological polar surface area (TPSA) is 106 Å². The predicted octanol–water partition coefficient (Wildman–Crippen LogP) is -0.136. The number of carbonyl (C=O) groups is 1. The molecule has 2 heterocycles. The van der Waals surface area contributed by atoms with E-state index in [1.165, 1.54) is 11.0 Å². The van der Waals surface area contributed by atoms with Crippen LogP contribution < -0.4 is 20.9 Å². The first-order valence-electron chi connectivity index (χ1n) is 6.90. The van der Waals surface area contributed by atoms with Crippen molar-refractivity contribution in [1.29, 1.82) is 0 Å².